The largest absolute Gasteiger partial charge is 0.465 e. The molecule has 1 N–H and O–H groups in total. The summed E-state index contributed by atoms with van der Waals surface area (Å²) in [6, 6.07) is 3.11. The van der Waals surface area contributed by atoms with Crippen molar-refractivity contribution < 1.29 is 17.9 Å². The van der Waals surface area contributed by atoms with Gasteiger partial charge >= 0.3 is 5.97 Å². The first kappa shape index (κ1) is 16.6. The summed E-state index contributed by atoms with van der Waals surface area (Å²) < 4.78 is 31.1. The van der Waals surface area contributed by atoms with Gasteiger partial charge in [-0.15, -0.1) is 0 Å². The fraction of sp³-hybridized carbons (Fsp3) is 0.214. The number of ether oxygens (including phenoxy) is 1. The van der Waals surface area contributed by atoms with E-state index in [4.69, 9.17) is 4.74 Å². The van der Waals surface area contributed by atoms with E-state index in [-0.39, 0.29) is 12.1 Å². The molecule has 0 bridgehead atoms. The van der Waals surface area contributed by atoms with Crippen LogP contribution >= 0.6 is 15.9 Å². The van der Waals surface area contributed by atoms with Crippen LogP contribution in [0.3, 0.4) is 0 Å². The minimum absolute atomic E-state index is 0.200. The molecule has 0 aliphatic heterocycles. The molecule has 0 atom stereocenters. The van der Waals surface area contributed by atoms with Crippen molar-refractivity contribution in [1.29, 1.82) is 0 Å². The van der Waals surface area contributed by atoms with Crippen molar-refractivity contribution in [3.8, 4) is 0 Å². The lowest BCUT2D eigenvalue weighted by atomic mass is 10.1. The smallest absolute Gasteiger partial charge is 0.337 e. The van der Waals surface area contributed by atoms with Crippen LogP contribution in [-0.2, 0) is 14.8 Å². The number of fused-ring (bicyclic) bond motifs is 1. The number of aromatic nitrogens is 1. The van der Waals surface area contributed by atoms with Gasteiger partial charge in [0.15, 0.2) is 0 Å². The number of aromatic amines is 1. The van der Waals surface area contributed by atoms with Gasteiger partial charge < -0.3 is 9.72 Å². The number of esters is 1. The van der Waals surface area contributed by atoms with Crippen molar-refractivity contribution in [3.63, 3.8) is 0 Å². The zero-order valence-electron chi connectivity index (χ0n) is 12.1. The van der Waals surface area contributed by atoms with Crippen molar-refractivity contribution in [3.05, 3.63) is 40.4 Å². The number of anilines is 1. The number of nitrogens with zero attached hydrogens (tertiary/aromatic N) is 1. The Morgan fingerprint density at radius 2 is 2.18 bits per heavy atom. The maximum atomic E-state index is 12.2. The standard InChI is InChI=1S/C14H15BrN2O4S/c1-4-17(22(19,20)5-2)12-7-9(14(18)21-3)6-11-13(12)10(15)8-16-11/h5-8,16H,2,4H2,1,3H3. The molecule has 1 aromatic heterocycles. The second-order valence-corrected chi connectivity index (χ2v) is 7.08. The van der Waals surface area contributed by atoms with Gasteiger partial charge in [0.2, 0.25) is 0 Å². The third kappa shape index (κ3) is 2.76. The summed E-state index contributed by atoms with van der Waals surface area (Å²) in [6.07, 6.45) is 1.68. The predicted octanol–water partition coefficient (Wildman–Crippen LogP) is 3.02. The number of benzene rings is 1. The van der Waals surface area contributed by atoms with Crippen LogP contribution in [0.5, 0.6) is 0 Å². The number of H-pyrrole nitrogens is 1. The van der Waals surface area contributed by atoms with E-state index in [1.54, 1.807) is 19.2 Å². The molecule has 0 unspecified atom stereocenters. The maximum absolute atomic E-state index is 12.2. The summed E-state index contributed by atoms with van der Waals surface area (Å²) in [7, 11) is -2.42. The van der Waals surface area contributed by atoms with Crippen LogP contribution in [0.4, 0.5) is 5.69 Å². The van der Waals surface area contributed by atoms with Gasteiger partial charge in [0.1, 0.15) is 0 Å². The van der Waals surface area contributed by atoms with E-state index >= 15 is 0 Å². The van der Waals surface area contributed by atoms with E-state index in [1.807, 2.05) is 0 Å². The minimum Gasteiger partial charge on any atom is -0.465 e. The third-order valence-corrected chi connectivity index (χ3v) is 5.32. The van der Waals surface area contributed by atoms with Crippen molar-refractivity contribution in [1.82, 2.24) is 4.98 Å². The number of nitrogens with one attached hydrogen (secondary N) is 1. The van der Waals surface area contributed by atoms with E-state index in [1.165, 1.54) is 17.5 Å². The Morgan fingerprint density at radius 1 is 1.50 bits per heavy atom. The first-order valence-electron chi connectivity index (χ1n) is 6.39. The SMILES string of the molecule is C=CS(=O)(=O)N(CC)c1cc(C(=O)OC)cc2[nH]cc(Br)c12. The molecule has 118 valence electrons. The summed E-state index contributed by atoms with van der Waals surface area (Å²) in [5, 5.41) is 1.55. The molecule has 0 fully saturated rings. The van der Waals surface area contributed by atoms with Gasteiger partial charge in [-0.2, -0.15) is 0 Å². The molecule has 0 aliphatic rings. The Bertz CT molecular complexity index is 842. The van der Waals surface area contributed by atoms with Crippen LogP contribution in [0.2, 0.25) is 0 Å². The van der Waals surface area contributed by atoms with E-state index in [2.05, 4.69) is 27.5 Å². The molecule has 0 radical (unpaired) electrons. The fourth-order valence-corrected chi connectivity index (χ4v) is 3.70. The monoisotopic (exact) mass is 386 g/mol. The Hall–Kier alpha value is -1.80. The average Bonchev–Trinajstić information content (AvgIpc) is 2.88. The fourth-order valence-electron chi connectivity index (χ4n) is 2.21. The van der Waals surface area contributed by atoms with E-state index < -0.39 is 16.0 Å². The Kier molecular flexibility index (Phi) is 4.62. The molecule has 0 saturated carbocycles. The number of sulfonamides is 1. The molecule has 6 nitrogen and oxygen atoms in total. The van der Waals surface area contributed by atoms with Crippen LogP contribution in [0, 0.1) is 0 Å². The molecule has 1 heterocycles. The van der Waals surface area contributed by atoms with Gasteiger partial charge in [-0.05, 0) is 35.0 Å². The van der Waals surface area contributed by atoms with Crippen LogP contribution < -0.4 is 4.31 Å². The van der Waals surface area contributed by atoms with Crippen molar-refractivity contribution in [2.45, 2.75) is 6.92 Å². The highest BCUT2D eigenvalue weighted by atomic mass is 79.9. The van der Waals surface area contributed by atoms with Crippen molar-refractivity contribution in [2.75, 3.05) is 18.0 Å². The molecule has 2 aromatic rings. The number of carbonyl (C=O) groups excluding carboxylic acids is 1. The predicted molar refractivity (Wildman–Crippen MR) is 89.5 cm³/mol. The summed E-state index contributed by atoms with van der Waals surface area (Å²) in [5.41, 5.74) is 1.27. The van der Waals surface area contributed by atoms with E-state index in [0.29, 0.717) is 21.1 Å². The lowest BCUT2D eigenvalue weighted by Crippen LogP contribution is -2.29. The summed E-state index contributed by atoms with van der Waals surface area (Å²) in [5.74, 6) is -0.541. The number of hydrogen-bond acceptors (Lipinski definition) is 4. The highest BCUT2D eigenvalue weighted by Gasteiger charge is 2.23. The van der Waals surface area contributed by atoms with Crippen molar-refractivity contribution in [2.24, 2.45) is 0 Å². The van der Waals surface area contributed by atoms with E-state index in [0.717, 1.165) is 5.41 Å². The molecule has 1 aromatic carbocycles. The van der Waals surface area contributed by atoms with Gasteiger partial charge in [0, 0.05) is 33.5 Å². The summed E-state index contributed by atoms with van der Waals surface area (Å²) >= 11 is 3.39. The second kappa shape index (κ2) is 6.13. The Balaban J connectivity index is 2.82. The average molecular weight is 387 g/mol. The van der Waals surface area contributed by atoms with Crippen LogP contribution in [0.15, 0.2) is 34.8 Å². The number of halogens is 1. The number of rotatable bonds is 5. The molecule has 0 saturated heterocycles. The Labute approximate surface area is 136 Å². The quantitative estimate of drug-likeness (QED) is 0.800. The zero-order valence-corrected chi connectivity index (χ0v) is 14.5. The van der Waals surface area contributed by atoms with Gasteiger partial charge in [0.05, 0.1) is 18.4 Å². The molecule has 0 amide bonds. The first-order chi connectivity index (χ1) is 10.4. The lowest BCUT2D eigenvalue weighted by Gasteiger charge is -2.22. The molecule has 0 aliphatic carbocycles. The summed E-state index contributed by atoms with van der Waals surface area (Å²) in [4.78, 5) is 14.8. The van der Waals surface area contributed by atoms with Crippen molar-refractivity contribution >= 4 is 48.5 Å². The topological polar surface area (TPSA) is 79.5 Å². The van der Waals surface area contributed by atoms with Gasteiger partial charge in [-0.3, -0.25) is 4.31 Å². The number of hydrogen-bond donors (Lipinski definition) is 1. The molecular formula is C14H15BrN2O4S. The van der Waals surface area contributed by atoms with E-state index in [9.17, 15) is 13.2 Å². The van der Waals surface area contributed by atoms with Gasteiger partial charge in [-0.1, -0.05) is 6.58 Å². The van der Waals surface area contributed by atoms with Crippen LogP contribution in [0.25, 0.3) is 10.9 Å². The number of methoxy groups -OCH3 is 1. The molecular weight excluding hydrogens is 372 g/mol. The first-order valence-corrected chi connectivity index (χ1v) is 8.69. The van der Waals surface area contributed by atoms with Crippen LogP contribution in [0.1, 0.15) is 17.3 Å². The molecule has 0 spiro atoms. The van der Waals surface area contributed by atoms with Crippen LogP contribution in [-0.4, -0.2) is 33.0 Å². The molecule has 8 heteroatoms. The molecule has 22 heavy (non-hydrogen) atoms. The minimum atomic E-state index is -3.69. The Morgan fingerprint density at radius 3 is 2.73 bits per heavy atom. The lowest BCUT2D eigenvalue weighted by molar-refractivity contribution is 0.0601. The number of carbonyl (C=O) groups is 1. The zero-order chi connectivity index (χ0) is 16.5. The third-order valence-electron chi connectivity index (χ3n) is 3.21. The van der Waals surface area contributed by atoms with Gasteiger partial charge in [0.25, 0.3) is 10.0 Å². The molecule has 2 rings (SSSR count). The highest BCUT2D eigenvalue weighted by Crippen LogP contribution is 2.35. The maximum Gasteiger partial charge on any atom is 0.337 e. The van der Waals surface area contributed by atoms with Gasteiger partial charge in [-0.25, -0.2) is 13.2 Å². The second-order valence-electron chi connectivity index (χ2n) is 4.42. The normalized spacial score (nSPS) is 11.4. The highest BCUT2D eigenvalue weighted by molar-refractivity contribution is 9.10. The summed E-state index contributed by atoms with van der Waals surface area (Å²) in [6.45, 7) is 5.26.